The summed E-state index contributed by atoms with van der Waals surface area (Å²) < 4.78 is 36.5. The van der Waals surface area contributed by atoms with Gasteiger partial charge in [-0.3, -0.25) is 4.79 Å². The maximum Gasteiger partial charge on any atom is 0.343 e. The Morgan fingerprint density at radius 1 is 1.00 bits per heavy atom. The molecule has 0 aliphatic rings. The Bertz CT molecular complexity index is 933. The minimum absolute atomic E-state index is 0.0408. The lowest BCUT2D eigenvalue weighted by Crippen LogP contribution is -2.30. The first-order valence-corrected chi connectivity index (χ1v) is 10.2. The molecule has 0 N–H and O–H groups in total. The number of benzene rings is 2. The average molecular weight is 405 g/mol. The molecule has 0 heterocycles. The van der Waals surface area contributed by atoms with E-state index in [1.54, 1.807) is 38.1 Å². The van der Waals surface area contributed by atoms with Crippen LogP contribution in [0.15, 0.2) is 53.4 Å². The SMILES string of the molecule is CCN(CC)S(=O)(=O)c1cccc(C(=O)Oc2ccc(CC(=O)OC)cc2)c1. The molecule has 2 rings (SSSR count). The van der Waals surface area contributed by atoms with Gasteiger partial charge in [0.05, 0.1) is 24.0 Å². The van der Waals surface area contributed by atoms with Gasteiger partial charge in [-0.1, -0.05) is 32.0 Å². The molecule has 150 valence electrons. The molecule has 8 heteroatoms. The second kappa shape index (κ2) is 9.48. The Balaban J connectivity index is 2.16. The van der Waals surface area contributed by atoms with Crippen LogP contribution in [0, 0.1) is 0 Å². The van der Waals surface area contributed by atoms with Gasteiger partial charge >= 0.3 is 11.9 Å². The van der Waals surface area contributed by atoms with E-state index in [2.05, 4.69) is 4.74 Å². The van der Waals surface area contributed by atoms with Crippen LogP contribution in [0.25, 0.3) is 0 Å². The Morgan fingerprint density at radius 3 is 2.21 bits per heavy atom. The van der Waals surface area contributed by atoms with E-state index in [-0.39, 0.29) is 28.6 Å². The number of nitrogens with zero attached hydrogens (tertiary/aromatic N) is 1. The fraction of sp³-hybridized carbons (Fsp3) is 0.300. The Hall–Kier alpha value is -2.71. The van der Waals surface area contributed by atoms with Crippen molar-refractivity contribution >= 4 is 22.0 Å². The molecular formula is C20H23NO6S. The summed E-state index contributed by atoms with van der Waals surface area (Å²) in [5.74, 6) is -0.746. The second-order valence-electron chi connectivity index (χ2n) is 5.90. The monoisotopic (exact) mass is 405 g/mol. The van der Waals surface area contributed by atoms with Crippen molar-refractivity contribution in [3.8, 4) is 5.75 Å². The van der Waals surface area contributed by atoms with E-state index in [4.69, 9.17) is 4.74 Å². The summed E-state index contributed by atoms with van der Waals surface area (Å²) >= 11 is 0. The second-order valence-corrected chi connectivity index (χ2v) is 7.84. The molecule has 0 unspecified atom stereocenters. The molecule has 0 fully saturated rings. The summed E-state index contributed by atoms with van der Waals surface area (Å²) in [6, 6.07) is 12.2. The van der Waals surface area contributed by atoms with Crippen LogP contribution >= 0.6 is 0 Å². The third kappa shape index (κ3) is 5.17. The molecule has 7 nitrogen and oxygen atoms in total. The van der Waals surface area contributed by atoms with Crippen LogP contribution in [0.2, 0.25) is 0 Å². The van der Waals surface area contributed by atoms with E-state index in [1.165, 1.54) is 35.7 Å². The molecule has 2 aromatic carbocycles. The van der Waals surface area contributed by atoms with E-state index in [9.17, 15) is 18.0 Å². The normalized spacial score (nSPS) is 11.3. The van der Waals surface area contributed by atoms with Gasteiger partial charge in [-0.15, -0.1) is 0 Å². The lowest BCUT2D eigenvalue weighted by Gasteiger charge is -2.18. The van der Waals surface area contributed by atoms with Crippen molar-refractivity contribution < 1.29 is 27.5 Å². The average Bonchev–Trinajstić information content (AvgIpc) is 2.70. The van der Waals surface area contributed by atoms with Crippen molar-refractivity contribution in [2.75, 3.05) is 20.2 Å². The van der Waals surface area contributed by atoms with Gasteiger partial charge in [0.15, 0.2) is 0 Å². The minimum atomic E-state index is -3.67. The maximum absolute atomic E-state index is 12.6. The lowest BCUT2D eigenvalue weighted by molar-refractivity contribution is -0.139. The highest BCUT2D eigenvalue weighted by Gasteiger charge is 2.23. The Morgan fingerprint density at radius 2 is 1.64 bits per heavy atom. The number of carbonyl (C=O) groups is 2. The number of hydrogen-bond donors (Lipinski definition) is 0. The molecule has 0 aromatic heterocycles. The Labute approximate surface area is 164 Å². The van der Waals surface area contributed by atoms with Crippen LogP contribution in [-0.4, -0.2) is 44.9 Å². The van der Waals surface area contributed by atoms with Crippen molar-refractivity contribution in [3.05, 3.63) is 59.7 Å². The van der Waals surface area contributed by atoms with Gasteiger partial charge in [0.2, 0.25) is 10.0 Å². The van der Waals surface area contributed by atoms with Gasteiger partial charge in [0.1, 0.15) is 5.75 Å². The van der Waals surface area contributed by atoms with Gasteiger partial charge in [-0.2, -0.15) is 4.31 Å². The number of sulfonamides is 1. The minimum Gasteiger partial charge on any atom is -0.469 e. The molecule has 0 radical (unpaired) electrons. The number of methoxy groups -OCH3 is 1. The van der Waals surface area contributed by atoms with E-state index in [0.29, 0.717) is 13.1 Å². The molecule has 28 heavy (non-hydrogen) atoms. The van der Waals surface area contributed by atoms with Crippen LogP contribution < -0.4 is 4.74 Å². The molecule has 0 spiro atoms. The molecule has 0 atom stereocenters. The largest absolute Gasteiger partial charge is 0.469 e. The fourth-order valence-electron chi connectivity index (χ4n) is 2.58. The van der Waals surface area contributed by atoms with E-state index in [0.717, 1.165) is 5.56 Å². The molecular weight excluding hydrogens is 382 g/mol. The highest BCUT2D eigenvalue weighted by molar-refractivity contribution is 7.89. The summed E-state index contributed by atoms with van der Waals surface area (Å²) in [7, 11) is -2.36. The van der Waals surface area contributed by atoms with E-state index >= 15 is 0 Å². The van der Waals surface area contributed by atoms with Crippen LogP contribution in [-0.2, 0) is 26.0 Å². The zero-order valence-electron chi connectivity index (χ0n) is 16.0. The first kappa shape index (κ1) is 21.6. The number of hydrogen-bond acceptors (Lipinski definition) is 6. The summed E-state index contributed by atoms with van der Waals surface area (Å²) in [5, 5.41) is 0. The van der Waals surface area contributed by atoms with Crippen LogP contribution in [0.4, 0.5) is 0 Å². The lowest BCUT2D eigenvalue weighted by atomic mass is 10.1. The topological polar surface area (TPSA) is 90.0 Å². The van der Waals surface area contributed by atoms with Gasteiger partial charge in [-0.25, -0.2) is 13.2 Å². The first-order valence-electron chi connectivity index (χ1n) is 8.80. The fourth-order valence-corrected chi connectivity index (χ4v) is 4.08. The predicted octanol–water partition coefficient (Wildman–Crippen LogP) is 2.65. The number of esters is 2. The van der Waals surface area contributed by atoms with Crippen LogP contribution in [0.1, 0.15) is 29.8 Å². The summed E-state index contributed by atoms with van der Waals surface area (Å²) in [4.78, 5) is 23.7. The van der Waals surface area contributed by atoms with Crippen molar-refractivity contribution in [2.24, 2.45) is 0 Å². The highest BCUT2D eigenvalue weighted by atomic mass is 32.2. The number of ether oxygens (including phenoxy) is 2. The van der Waals surface area contributed by atoms with Gasteiger partial charge in [0, 0.05) is 13.1 Å². The molecule has 0 saturated heterocycles. The first-order chi connectivity index (χ1) is 13.3. The predicted molar refractivity (Wildman–Crippen MR) is 104 cm³/mol. The smallest absolute Gasteiger partial charge is 0.343 e. The molecule has 0 amide bonds. The zero-order valence-corrected chi connectivity index (χ0v) is 16.9. The Kier molecular flexibility index (Phi) is 7.31. The van der Waals surface area contributed by atoms with Crippen LogP contribution in [0.5, 0.6) is 5.75 Å². The third-order valence-electron chi connectivity index (χ3n) is 4.12. The van der Waals surface area contributed by atoms with E-state index < -0.39 is 16.0 Å². The highest BCUT2D eigenvalue weighted by Crippen LogP contribution is 2.19. The van der Waals surface area contributed by atoms with Crippen molar-refractivity contribution in [2.45, 2.75) is 25.2 Å². The molecule has 0 bridgehead atoms. The summed E-state index contributed by atoms with van der Waals surface area (Å²) in [5.41, 5.74) is 0.853. The number of carbonyl (C=O) groups excluding carboxylic acids is 2. The molecule has 0 aliphatic carbocycles. The van der Waals surface area contributed by atoms with Gasteiger partial charge in [0.25, 0.3) is 0 Å². The molecule has 0 aliphatic heterocycles. The summed E-state index contributed by atoms with van der Waals surface area (Å²) in [6.45, 7) is 4.18. The van der Waals surface area contributed by atoms with Crippen molar-refractivity contribution in [1.82, 2.24) is 4.31 Å². The molecule has 0 saturated carbocycles. The molecule has 2 aromatic rings. The van der Waals surface area contributed by atoms with Crippen LogP contribution in [0.3, 0.4) is 0 Å². The number of rotatable bonds is 8. The standard InChI is InChI=1S/C20H23NO6S/c1-4-21(5-2)28(24,25)18-8-6-7-16(14-18)20(23)27-17-11-9-15(10-12-17)13-19(22)26-3/h6-12,14H,4-5,13H2,1-3H3. The van der Waals surface area contributed by atoms with Gasteiger partial charge in [-0.05, 0) is 35.9 Å². The maximum atomic E-state index is 12.6. The zero-order chi connectivity index (χ0) is 20.7. The summed E-state index contributed by atoms with van der Waals surface area (Å²) in [6.07, 6.45) is 0.121. The van der Waals surface area contributed by atoms with Gasteiger partial charge < -0.3 is 9.47 Å². The van der Waals surface area contributed by atoms with Crippen molar-refractivity contribution in [1.29, 1.82) is 0 Å². The van der Waals surface area contributed by atoms with E-state index in [1.807, 2.05) is 0 Å². The third-order valence-corrected chi connectivity index (χ3v) is 6.17. The quantitative estimate of drug-likeness (QED) is 0.495. The van der Waals surface area contributed by atoms with Crippen molar-refractivity contribution in [3.63, 3.8) is 0 Å².